The molecule has 0 spiro atoms. The Bertz CT molecular complexity index is 3580. The van der Waals surface area contributed by atoms with Crippen LogP contribution in [0.2, 0.25) is 0 Å². The summed E-state index contributed by atoms with van der Waals surface area (Å²) in [6.45, 7) is 0. The highest BCUT2D eigenvalue weighted by Crippen LogP contribution is 2.42. The molecule has 0 aliphatic rings. The first-order valence-corrected chi connectivity index (χ1v) is 19.3. The maximum atomic E-state index is 6.69. The lowest BCUT2D eigenvalue weighted by molar-refractivity contribution is 0.623. The number of fused-ring (bicyclic) bond motifs is 9. The predicted molar refractivity (Wildman–Crippen MR) is 234 cm³/mol. The summed E-state index contributed by atoms with van der Waals surface area (Å²) < 4.78 is 13.2. The third-order valence-electron chi connectivity index (χ3n) is 11.1. The molecule has 0 saturated heterocycles. The predicted octanol–water partition coefficient (Wildman–Crippen LogP) is 13.7. The maximum absolute atomic E-state index is 6.69. The van der Waals surface area contributed by atoms with E-state index >= 15 is 0 Å². The third kappa shape index (κ3) is 5.27. The Hall–Kier alpha value is -7.96. The summed E-state index contributed by atoms with van der Waals surface area (Å²) in [5.74, 6) is 2.36. The monoisotopic (exact) mass is 742 g/mol. The van der Waals surface area contributed by atoms with Crippen molar-refractivity contribution in [2.75, 3.05) is 0 Å². The van der Waals surface area contributed by atoms with Crippen LogP contribution in [-0.2, 0) is 0 Å². The van der Waals surface area contributed by atoms with Gasteiger partial charge in [-0.15, -0.1) is 0 Å². The van der Waals surface area contributed by atoms with Crippen molar-refractivity contribution in [1.29, 1.82) is 0 Å². The highest BCUT2D eigenvalue weighted by Gasteiger charge is 2.20. The van der Waals surface area contributed by atoms with E-state index in [4.69, 9.17) is 28.8 Å². The average molecular weight is 743 g/mol. The minimum absolute atomic E-state index is 0.574. The van der Waals surface area contributed by atoms with Crippen LogP contribution in [0.5, 0.6) is 0 Å². The molecule has 0 radical (unpaired) electrons. The van der Waals surface area contributed by atoms with Crippen LogP contribution in [0.15, 0.2) is 191 Å². The van der Waals surface area contributed by atoms with E-state index in [9.17, 15) is 0 Å². The number of furan rings is 1. The summed E-state index contributed by atoms with van der Waals surface area (Å²) >= 11 is 0. The zero-order valence-corrected chi connectivity index (χ0v) is 30.9. The van der Waals surface area contributed by atoms with E-state index in [2.05, 4.69) is 115 Å². The van der Waals surface area contributed by atoms with Gasteiger partial charge in [-0.2, -0.15) is 0 Å². The smallest absolute Gasteiger partial charge is 0.227 e. The molecule has 3 aromatic heterocycles. The minimum atomic E-state index is 0.574. The fourth-order valence-electron chi connectivity index (χ4n) is 8.28. The van der Waals surface area contributed by atoms with Crippen LogP contribution in [0.25, 0.3) is 122 Å². The third-order valence-corrected chi connectivity index (χ3v) is 11.1. The molecule has 12 aromatic rings. The van der Waals surface area contributed by atoms with Gasteiger partial charge in [0.15, 0.2) is 23.1 Å². The number of nitrogens with zero attached hydrogens (tertiary/aromatic N) is 4. The highest BCUT2D eigenvalue weighted by molar-refractivity contribution is 6.25. The lowest BCUT2D eigenvalue weighted by Crippen LogP contribution is -2.00. The summed E-state index contributed by atoms with van der Waals surface area (Å²) in [7, 11) is 0. The molecule has 0 unspecified atom stereocenters. The maximum Gasteiger partial charge on any atom is 0.227 e. The number of aromatic nitrogens is 4. The van der Waals surface area contributed by atoms with Crippen molar-refractivity contribution >= 4 is 65.4 Å². The van der Waals surface area contributed by atoms with Crippen LogP contribution < -0.4 is 0 Å². The van der Waals surface area contributed by atoms with Gasteiger partial charge in [-0.3, -0.25) is 0 Å². The van der Waals surface area contributed by atoms with Gasteiger partial charge < -0.3 is 8.83 Å². The molecule has 0 saturated carbocycles. The van der Waals surface area contributed by atoms with Gasteiger partial charge in [-0.1, -0.05) is 140 Å². The molecule has 3 heterocycles. The van der Waals surface area contributed by atoms with Gasteiger partial charge >= 0.3 is 0 Å². The fourth-order valence-corrected chi connectivity index (χ4v) is 8.28. The lowest BCUT2D eigenvalue weighted by atomic mass is 9.99. The van der Waals surface area contributed by atoms with Crippen molar-refractivity contribution in [2.24, 2.45) is 0 Å². The molecule has 0 atom stereocenters. The van der Waals surface area contributed by atoms with Gasteiger partial charge in [0.05, 0.1) is 5.39 Å². The van der Waals surface area contributed by atoms with Gasteiger partial charge in [-0.05, 0) is 85.9 Å². The highest BCUT2D eigenvalue weighted by atomic mass is 16.4. The number of hydrogen-bond donors (Lipinski definition) is 0. The molecule has 270 valence electrons. The normalized spacial score (nSPS) is 11.8. The molecule has 0 amide bonds. The van der Waals surface area contributed by atoms with Crippen molar-refractivity contribution in [1.82, 2.24) is 19.9 Å². The first-order valence-electron chi connectivity index (χ1n) is 19.3. The van der Waals surface area contributed by atoms with Gasteiger partial charge in [0.2, 0.25) is 5.89 Å². The molecule has 12 rings (SSSR count). The van der Waals surface area contributed by atoms with Crippen LogP contribution in [0.3, 0.4) is 0 Å². The van der Waals surface area contributed by atoms with Crippen LogP contribution in [0.4, 0.5) is 0 Å². The van der Waals surface area contributed by atoms with Crippen LogP contribution >= 0.6 is 0 Å². The standard InChI is InChI=1S/C52H30N4O2/c1-2-12-34(13-3-1)49-54-50(38-17-8-16-36(29-38)37-22-20-31-10-4-5-14-35(31)28-37)56-51(55-49)39-23-21-33-24-26-44-46(42(33)30-39)47-45(57-44)27-25-43-48(47)58-52(53-43)41-19-9-15-32-11-6-7-18-40(32)41/h1-30H. The van der Waals surface area contributed by atoms with E-state index in [1.165, 1.54) is 10.8 Å². The summed E-state index contributed by atoms with van der Waals surface area (Å²) in [5.41, 5.74) is 8.82. The number of rotatable bonds is 5. The van der Waals surface area contributed by atoms with Gasteiger partial charge in [-0.25, -0.2) is 19.9 Å². The van der Waals surface area contributed by atoms with Gasteiger partial charge in [0.25, 0.3) is 0 Å². The number of oxazole rings is 1. The van der Waals surface area contributed by atoms with Crippen LogP contribution in [0, 0.1) is 0 Å². The van der Waals surface area contributed by atoms with Gasteiger partial charge in [0.1, 0.15) is 16.7 Å². The summed E-state index contributed by atoms with van der Waals surface area (Å²) in [6, 6.07) is 62.5. The van der Waals surface area contributed by atoms with Gasteiger partial charge in [0, 0.05) is 27.6 Å². The average Bonchev–Trinajstić information content (AvgIpc) is 3.91. The molecular formula is C52H30N4O2. The topological polar surface area (TPSA) is 77.8 Å². The Balaban J connectivity index is 1.03. The molecule has 0 aliphatic heterocycles. The largest absolute Gasteiger partial charge is 0.456 e. The molecule has 6 heteroatoms. The van der Waals surface area contributed by atoms with E-state index in [0.29, 0.717) is 28.9 Å². The molecule has 58 heavy (non-hydrogen) atoms. The van der Waals surface area contributed by atoms with Crippen molar-refractivity contribution in [3.63, 3.8) is 0 Å². The van der Waals surface area contributed by atoms with E-state index in [1.54, 1.807) is 0 Å². The van der Waals surface area contributed by atoms with Crippen molar-refractivity contribution in [2.45, 2.75) is 0 Å². The second kappa shape index (κ2) is 12.8. The quantitative estimate of drug-likeness (QED) is 0.175. The van der Waals surface area contributed by atoms with Crippen molar-refractivity contribution < 1.29 is 8.83 Å². The van der Waals surface area contributed by atoms with E-state index in [0.717, 1.165) is 82.4 Å². The second-order valence-corrected chi connectivity index (χ2v) is 14.6. The zero-order valence-electron chi connectivity index (χ0n) is 30.9. The second-order valence-electron chi connectivity index (χ2n) is 14.6. The van der Waals surface area contributed by atoms with Crippen molar-refractivity contribution in [3.05, 3.63) is 182 Å². The van der Waals surface area contributed by atoms with Crippen LogP contribution in [0.1, 0.15) is 0 Å². The molecule has 0 fully saturated rings. The van der Waals surface area contributed by atoms with E-state index in [1.807, 2.05) is 66.7 Å². The number of hydrogen-bond acceptors (Lipinski definition) is 6. The SMILES string of the molecule is c1ccc(-c2nc(-c3cccc(-c4ccc5ccccc5c4)c3)nc(-c3ccc4ccc5oc6ccc7nc(-c8cccc9ccccc89)oc7c6c5c4c3)n2)cc1. The van der Waals surface area contributed by atoms with E-state index < -0.39 is 0 Å². The molecular weight excluding hydrogens is 713 g/mol. The molecule has 0 N–H and O–H groups in total. The Morgan fingerprint density at radius 3 is 1.79 bits per heavy atom. The molecule has 9 aromatic carbocycles. The lowest BCUT2D eigenvalue weighted by Gasteiger charge is -2.11. The fraction of sp³-hybridized carbons (Fsp3) is 0. The summed E-state index contributed by atoms with van der Waals surface area (Å²) in [6.07, 6.45) is 0. The molecule has 0 aliphatic carbocycles. The summed E-state index contributed by atoms with van der Waals surface area (Å²) in [4.78, 5) is 20.3. The Morgan fingerprint density at radius 1 is 0.328 bits per heavy atom. The Morgan fingerprint density at radius 2 is 0.914 bits per heavy atom. The van der Waals surface area contributed by atoms with Crippen molar-refractivity contribution in [3.8, 4) is 56.7 Å². The van der Waals surface area contributed by atoms with Crippen LogP contribution in [-0.4, -0.2) is 19.9 Å². The molecule has 0 bridgehead atoms. The first-order chi connectivity index (χ1) is 28.7. The summed E-state index contributed by atoms with van der Waals surface area (Å²) in [5, 5.41) is 8.55. The first kappa shape index (κ1) is 32.3. The zero-order chi connectivity index (χ0) is 38.2. The number of benzene rings is 9. The van der Waals surface area contributed by atoms with E-state index in [-0.39, 0.29) is 0 Å². The molecule has 6 nitrogen and oxygen atoms in total. The Labute approximate surface area is 331 Å². The Kier molecular flexibility index (Phi) is 7.13. The minimum Gasteiger partial charge on any atom is -0.456 e.